The van der Waals surface area contributed by atoms with E-state index in [0.717, 1.165) is 32.0 Å². The fourth-order valence-electron chi connectivity index (χ4n) is 3.69. The summed E-state index contributed by atoms with van der Waals surface area (Å²) in [5.74, 6) is -0.655. The highest BCUT2D eigenvalue weighted by molar-refractivity contribution is 5.79. The third-order valence-electron chi connectivity index (χ3n) is 5.27. The third kappa shape index (κ3) is 3.75. The van der Waals surface area contributed by atoms with E-state index >= 15 is 0 Å². The van der Waals surface area contributed by atoms with E-state index in [4.69, 9.17) is 0 Å². The predicted octanol–water partition coefficient (Wildman–Crippen LogP) is 2.17. The lowest BCUT2D eigenvalue weighted by atomic mass is 9.96. The van der Waals surface area contributed by atoms with Gasteiger partial charge in [-0.3, -0.25) is 9.69 Å². The molecule has 0 bridgehead atoms. The summed E-state index contributed by atoms with van der Waals surface area (Å²) in [7, 11) is 0. The van der Waals surface area contributed by atoms with E-state index in [1.54, 1.807) is 0 Å². The second kappa shape index (κ2) is 7.57. The average Bonchev–Trinajstić information content (AvgIpc) is 2.61. The number of piperazine rings is 1. The number of hydrogen-bond acceptors (Lipinski definition) is 3. The van der Waals surface area contributed by atoms with Crippen LogP contribution in [0.25, 0.3) is 0 Å². The number of nitrogens with zero attached hydrogens (tertiary/aromatic N) is 2. The fraction of sp³-hybridized carbons (Fsp3) is 0.611. The van der Waals surface area contributed by atoms with Gasteiger partial charge in [0.1, 0.15) is 11.6 Å². The molecule has 2 saturated heterocycles. The van der Waals surface area contributed by atoms with Crippen molar-refractivity contribution in [3.8, 4) is 0 Å². The molecular weight excluding hydrogens is 312 g/mol. The summed E-state index contributed by atoms with van der Waals surface area (Å²) in [5, 5.41) is 3.28. The van der Waals surface area contributed by atoms with Crippen LogP contribution in [0.15, 0.2) is 18.2 Å². The second-order valence-electron chi connectivity index (χ2n) is 6.73. The van der Waals surface area contributed by atoms with E-state index in [1.807, 2.05) is 11.8 Å². The Balaban J connectivity index is 1.57. The van der Waals surface area contributed by atoms with Crippen molar-refractivity contribution in [1.82, 2.24) is 15.1 Å². The maximum Gasteiger partial charge on any atom is 0.225 e. The van der Waals surface area contributed by atoms with Crippen LogP contribution in [0.3, 0.4) is 0 Å². The summed E-state index contributed by atoms with van der Waals surface area (Å²) in [6.45, 7) is 6.55. The molecule has 0 saturated carbocycles. The molecule has 2 heterocycles. The standard InChI is InChI=1S/C18H25F2N3O/c1-13(16-3-2-15(19)12-17(16)20)22-8-10-23(11-9-22)18(24)14-4-6-21-7-5-14/h2-3,12-14,21H,4-11H2,1H3/t13-/m0/s1. The van der Waals surface area contributed by atoms with Crippen molar-refractivity contribution in [2.45, 2.75) is 25.8 Å². The zero-order valence-corrected chi connectivity index (χ0v) is 14.1. The summed E-state index contributed by atoms with van der Waals surface area (Å²) in [4.78, 5) is 16.7. The Kier molecular flexibility index (Phi) is 5.46. The highest BCUT2D eigenvalue weighted by Gasteiger charge is 2.30. The number of amides is 1. The Bertz CT molecular complexity index is 582. The highest BCUT2D eigenvalue weighted by Crippen LogP contribution is 2.25. The first-order valence-corrected chi connectivity index (χ1v) is 8.75. The van der Waals surface area contributed by atoms with Gasteiger partial charge in [0.25, 0.3) is 0 Å². The number of carbonyl (C=O) groups is 1. The normalized spacial score (nSPS) is 21.7. The number of benzene rings is 1. The molecule has 1 aromatic rings. The number of halogens is 2. The first kappa shape index (κ1) is 17.3. The average molecular weight is 337 g/mol. The van der Waals surface area contributed by atoms with E-state index in [-0.39, 0.29) is 17.9 Å². The molecule has 4 nitrogen and oxygen atoms in total. The summed E-state index contributed by atoms with van der Waals surface area (Å²) >= 11 is 0. The third-order valence-corrected chi connectivity index (χ3v) is 5.27. The Morgan fingerprint density at radius 2 is 1.83 bits per heavy atom. The van der Waals surface area contributed by atoms with E-state index < -0.39 is 11.6 Å². The van der Waals surface area contributed by atoms with Crippen molar-refractivity contribution in [2.75, 3.05) is 39.3 Å². The van der Waals surface area contributed by atoms with E-state index in [2.05, 4.69) is 10.2 Å². The van der Waals surface area contributed by atoms with Crippen LogP contribution < -0.4 is 5.32 Å². The van der Waals surface area contributed by atoms with Gasteiger partial charge in [-0.25, -0.2) is 8.78 Å². The van der Waals surface area contributed by atoms with Gasteiger partial charge >= 0.3 is 0 Å². The van der Waals surface area contributed by atoms with Gasteiger partial charge in [0.2, 0.25) is 5.91 Å². The van der Waals surface area contributed by atoms with Gasteiger partial charge in [-0.15, -0.1) is 0 Å². The number of hydrogen-bond donors (Lipinski definition) is 1. The van der Waals surface area contributed by atoms with Crippen LogP contribution in [-0.4, -0.2) is 55.0 Å². The molecule has 2 fully saturated rings. The lowest BCUT2D eigenvalue weighted by Crippen LogP contribution is -2.51. The smallest absolute Gasteiger partial charge is 0.225 e. The Labute approximate surface area is 141 Å². The largest absolute Gasteiger partial charge is 0.340 e. The maximum absolute atomic E-state index is 14.0. The minimum atomic E-state index is -0.555. The molecule has 0 radical (unpaired) electrons. The van der Waals surface area contributed by atoms with Gasteiger partial charge in [0.05, 0.1) is 0 Å². The molecular formula is C18H25F2N3O. The summed E-state index contributed by atoms with van der Waals surface area (Å²) in [6, 6.07) is 3.62. The zero-order chi connectivity index (χ0) is 17.1. The van der Waals surface area contributed by atoms with Crippen LogP contribution in [0.1, 0.15) is 31.4 Å². The first-order chi connectivity index (χ1) is 11.6. The van der Waals surface area contributed by atoms with Crippen molar-refractivity contribution >= 4 is 5.91 Å². The maximum atomic E-state index is 14.0. The van der Waals surface area contributed by atoms with Crippen molar-refractivity contribution in [3.05, 3.63) is 35.4 Å². The zero-order valence-electron chi connectivity index (χ0n) is 14.1. The van der Waals surface area contributed by atoms with Gasteiger partial charge in [-0.1, -0.05) is 6.07 Å². The number of nitrogens with one attached hydrogen (secondary N) is 1. The summed E-state index contributed by atoms with van der Waals surface area (Å²) in [6.07, 6.45) is 1.83. The molecule has 132 valence electrons. The summed E-state index contributed by atoms with van der Waals surface area (Å²) < 4.78 is 27.0. The Hall–Kier alpha value is -1.53. The monoisotopic (exact) mass is 337 g/mol. The number of carbonyl (C=O) groups excluding carboxylic acids is 1. The first-order valence-electron chi connectivity index (χ1n) is 8.75. The Morgan fingerprint density at radius 3 is 2.46 bits per heavy atom. The molecule has 0 spiro atoms. The van der Waals surface area contributed by atoms with Crippen LogP contribution in [0.2, 0.25) is 0 Å². The lowest BCUT2D eigenvalue weighted by Gasteiger charge is -2.40. The van der Waals surface area contributed by atoms with Crippen LogP contribution in [0, 0.1) is 17.6 Å². The molecule has 2 aliphatic rings. The molecule has 0 aromatic heterocycles. The van der Waals surface area contributed by atoms with Crippen molar-refractivity contribution in [1.29, 1.82) is 0 Å². The summed E-state index contributed by atoms with van der Waals surface area (Å²) in [5.41, 5.74) is 0.509. The topological polar surface area (TPSA) is 35.6 Å². The molecule has 0 aliphatic carbocycles. The molecule has 1 atom stereocenters. The minimum Gasteiger partial charge on any atom is -0.340 e. The number of rotatable bonds is 3. The molecule has 6 heteroatoms. The second-order valence-corrected chi connectivity index (χ2v) is 6.73. The lowest BCUT2D eigenvalue weighted by molar-refractivity contribution is -0.138. The SMILES string of the molecule is C[C@@H](c1ccc(F)cc1F)N1CCN(C(=O)C2CCNCC2)CC1. The fourth-order valence-corrected chi connectivity index (χ4v) is 3.69. The van der Waals surface area contributed by atoms with E-state index in [1.165, 1.54) is 12.1 Å². The van der Waals surface area contributed by atoms with Crippen molar-refractivity contribution < 1.29 is 13.6 Å². The van der Waals surface area contributed by atoms with Gasteiger partial charge in [-0.05, 0) is 38.9 Å². The van der Waals surface area contributed by atoms with Crippen LogP contribution in [0.5, 0.6) is 0 Å². The molecule has 1 amide bonds. The van der Waals surface area contributed by atoms with Gasteiger partial charge in [-0.2, -0.15) is 0 Å². The van der Waals surface area contributed by atoms with Gasteiger partial charge < -0.3 is 10.2 Å². The van der Waals surface area contributed by atoms with Crippen LogP contribution in [0.4, 0.5) is 8.78 Å². The van der Waals surface area contributed by atoms with Gasteiger partial charge in [0.15, 0.2) is 0 Å². The molecule has 0 unspecified atom stereocenters. The molecule has 24 heavy (non-hydrogen) atoms. The van der Waals surface area contributed by atoms with Crippen LogP contribution >= 0.6 is 0 Å². The molecule has 2 aliphatic heterocycles. The highest BCUT2D eigenvalue weighted by atomic mass is 19.1. The van der Waals surface area contributed by atoms with Crippen molar-refractivity contribution in [3.63, 3.8) is 0 Å². The van der Waals surface area contributed by atoms with Gasteiger partial charge in [0, 0.05) is 49.8 Å². The van der Waals surface area contributed by atoms with Crippen molar-refractivity contribution in [2.24, 2.45) is 5.92 Å². The molecule has 1 aromatic carbocycles. The minimum absolute atomic E-state index is 0.123. The number of piperidine rings is 1. The predicted molar refractivity (Wildman–Crippen MR) is 88.5 cm³/mol. The molecule has 3 rings (SSSR count). The van der Waals surface area contributed by atoms with Crippen LogP contribution in [-0.2, 0) is 4.79 Å². The van der Waals surface area contributed by atoms with E-state index in [0.29, 0.717) is 31.7 Å². The molecule has 1 N–H and O–H groups in total. The van der Waals surface area contributed by atoms with E-state index in [9.17, 15) is 13.6 Å². The Morgan fingerprint density at radius 1 is 1.17 bits per heavy atom. The quantitative estimate of drug-likeness (QED) is 0.918.